The minimum absolute atomic E-state index is 0.156. The van der Waals surface area contributed by atoms with Crippen LogP contribution >= 0.6 is 27.3 Å². The van der Waals surface area contributed by atoms with Gasteiger partial charge in [0.2, 0.25) is 0 Å². The van der Waals surface area contributed by atoms with E-state index in [2.05, 4.69) is 15.9 Å². The van der Waals surface area contributed by atoms with Crippen LogP contribution in [0.5, 0.6) is 0 Å². The van der Waals surface area contributed by atoms with Gasteiger partial charge in [0.1, 0.15) is 5.92 Å². The lowest BCUT2D eigenvalue weighted by molar-refractivity contribution is -0.138. The molecule has 1 aromatic carbocycles. The number of para-hydroxylation sites is 1. The van der Waals surface area contributed by atoms with Crippen molar-refractivity contribution >= 4 is 44.8 Å². The molecule has 1 amide bonds. The Hall–Kier alpha value is -1.66. The molecule has 20 heavy (non-hydrogen) atoms. The number of carboxylic acids is 1. The number of rotatable bonds is 2. The quantitative estimate of drug-likeness (QED) is 0.902. The van der Waals surface area contributed by atoms with Gasteiger partial charge in [-0.3, -0.25) is 9.59 Å². The summed E-state index contributed by atoms with van der Waals surface area (Å²) in [5.74, 6) is -1.71. The molecule has 4 nitrogen and oxygen atoms in total. The Morgan fingerprint density at radius 2 is 2.00 bits per heavy atom. The van der Waals surface area contributed by atoms with E-state index in [0.29, 0.717) is 16.1 Å². The van der Waals surface area contributed by atoms with E-state index in [1.807, 2.05) is 12.1 Å². The van der Waals surface area contributed by atoms with E-state index in [-0.39, 0.29) is 12.5 Å². The second-order valence-electron chi connectivity index (χ2n) is 4.47. The van der Waals surface area contributed by atoms with Gasteiger partial charge in [0.25, 0.3) is 5.91 Å². The maximum absolute atomic E-state index is 12.5. The third-order valence-corrected chi connectivity index (χ3v) is 4.91. The van der Waals surface area contributed by atoms with Crippen LogP contribution < -0.4 is 4.90 Å². The molecule has 102 valence electrons. The summed E-state index contributed by atoms with van der Waals surface area (Å²) < 4.78 is 0.878. The first-order chi connectivity index (χ1) is 9.58. The molecule has 2 aromatic rings. The average Bonchev–Trinajstić information content (AvgIpc) is 3.02. The van der Waals surface area contributed by atoms with Crippen molar-refractivity contribution in [3.8, 4) is 0 Å². The minimum atomic E-state index is -0.903. The van der Waals surface area contributed by atoms with E-state index < -0.39 is 11.9 Å². The van der Waals surface area contributed by atoms with E-state index in [1.54, 1.807) is 29.2 Å². The first kappa shape index (κ1) is 13.3. The fraction of sp³-hybridized carbons (Fsp3) is 0.143. The molecule has 0 saturated heterocycles. The molecule has 1 atom stereocenters. The van der Waals surface area contributed by atoms with Crippen molar-refractivity contribution in [3.05, 3.63) is 50.6 Å². The highest BCUT2D eigenvalue weighted by Gasteiger charge is 2.36. The van der Waals surface area contributed by atoms with Crippen molar-refractivity contribution in [2.24, 2.45) is 0 Å². The van der Waals surface area contributed by atoms with Crippen LogP contribution in [-0.4, -0.2) is 23.5 Å². The number of carbonyl (C=O) groups excluding carboxylic acids is 1. The zero-order valence-electron chi connectivity index (χ0n) is 10.2. The molecular formula is C14H10BrNO3S. The fourth-order valence-corrected chi connectivity index (χ4v) is 3.71. The van der Waals surface area contributed by atoms with Crippen LogP contribution in [0.15, 0.2) is 40.2 Å². The van der Waals surface area contributed by atoms with Gasteiger partial charge in [-0.25, -0.2) is 0 Å². The highest BCUT2D eigenvalue weighted by atomic mass is 79.9. The number of carbonyl (C=O) groups is 2. The summed E-state index contributed by atoms with van der Waals surface area (Å²) in [6.45, 7) is 0.184. The number of benzene rings is 1. The number of halogens is 1. The molecule has 1 aromatic heterocycles. The third-order valence-electron chi connectivity index (χ3n) is 3.30. The number of nitrogens with zero attached hydrogens (tertiary/aromatic N) is 1. The number of aliphatic carboxylic acids is 1. The summed E-state index contributed by atoms with van der Waals surface area (Å²) in [4.78, 5) is 26.0. The largest absolute Gasteiger partial charge is 0.481 e. The smallest absolute Gasteiger partial charge is 0.312 e. The Morgan fingerprint density at radius 1 is 1.25 bits per heavy atom. The molecule has 0 spiro atoms. The molecule has 0 fully saturated rings. The Balaban J connectivity index is 2.00. The monoisotopic (exact) mass is 351 g/mol. The molecule has 3 rings (SSSR count). The van der Waals surface area contributed by atoms with Gasteiger partial charge in [0.15, 0.2) is 0 Å². The second kappa shape index (κ2) is 5.03. The molecule has 0 saturated carbocycles. The Morgan fingerprint density at radius 3 is 2.65 bits per heavy atom. The van der Waals surface area contributed by atoms with Crippen LogP contribution in [0, 0.1) is 0 Å². The van der Waals surface area contributed by atoms with Crippen molar-refractivity contribution in [1.82, 2.24) is 0 Å². The number of thiophene rings is 1. The van der Waals surface area contributed by atoms with E-state index in [9.17, 15) is 14.7 Å². The molecule has 1 aliphatic heterocycles. The highest BCUT2D eigenvalue weighted by molar-refractivity contribution is 9.11. The van der Waals surface area contributed by atoms with Crippen molar-refractivity contribution in [3.63, 3.8) is 0 Å². The van der Waals surface area contributed by atoms with E-state index in [1.165, 1.54) is 11.3 Å². The number of anilines is 1. The number of carboxylic acid groups (broad SMARTS) is 1. The lowest BCUT2D eigenvalue weighted by Crippen LogP contribution is -2.30. The molecule has 1 aliphatic rings. The normalized spacial score (nSPS) is 17.1. The minimum Gasteiger partial charge on any atom is -0.481 e. The molecule has 1 N–H and O–H groups in total. The average molecular weight is 352 g/mol. The van der Waals surface area contributed by atoms with Crippen LogP contribution in [-0.2, 0) is 4.79 Å². The molecule has 0 bridgehead atoms. The van der Waals surface area contributed by atoms with Crippen molar-refractivity contribution in [2.75, 3.05) is 11.4 Å². The predicted molar refractivity (Wildman–Crippen MR) is 80.5 cm³/mol. The number of fused-ring (bicyclic) bond motifs is 1. The van der Waals surface area contributed by atoms with E-state index >= 15 is 0 Å². The standard InChI is InChI=1S/C14H10BrNO3S/c15-12-6-5-11(20-12)13(17)16-7-9(14(18)19)8-3-1-2-4-10(8)16/h1-6,9H,7H2,(H,18,19). The van der Waals surface area contributed by atoms with Crippen molar-refractivity contribution < 1.29 is 14.7 Å². The maximum atomic E-state index is 12.5. The van der Waals surface area contributed by atoms with Crippen molar-refractivity contribution in [1.29, 1.82) is 0 Å². The molecule has 2 heterocycles. The summed E-state index contributed by atoms with van der Waals surface area (Å²) in [6.07, 6.45) is 0. The highest BCUT2D eigenvalue weighted by Crippen LogP contribution is 2.38. The molecule has 1 unspecified atom stereocenters. The van der Waals surface area contributed by atoms with Crippen LogP contribution in [0.2, 0.25) is 0 Å². The van der Waals surface area contributed by atoms with Crippen LogP contribution in [0.25, 0.3) is 0 Å². The summed E-state index contributed by atoms with van der Waals surface area (Å²) in [5.41, 5.74) is 1.39. The van der Waals surface area contributed by atoms with Gasteiger partial charge in [-0.2, -0.15) is 0 Å². The summed E-state index contributed by atoms with van der Waals surface area (Å²) in [7, 11) is 0. The van der Waals surface area contributed by atoms with Gasteiger partial charge in [-0.15, -0.1) is 11.3 Å². The van der Waals surface area contributed by atoms with Crippen LogP contribution in [0.4, 0.5) is 5.69 Å². The first-order valence-electron chi connectivity index (χ1n) is 5.97. The number of amides is 1. The zero-order valence-corrected chi connectivity index (χ0v) is 12.6. The van der Waals surface area contributed by atoms with Crippen LogP contribution in [0.1, 0.15) is 21.2 Å². The molecular weight excluding hydrogens is 342 g/mol. The third kappa shape index (κ3) is 2.14. The predicted octanol–water partition coefficient (Wildman–Crippen LogP) is 3.34. The SMILES string of the molecule is O=C(O)C1CN(C(=O)c2ccc(Br)s2)c2ccccc21. The van der Waals surface area contributed by atoms with E-state index in [0.717, 1.165) is 3.79 Å². The topological polar surface area (TPSA) is 57.6 Å². The van der Waals surface area contributed by atoms with Crippen LogP contribution in [0.3, 0.4) is 0 Å². The van der Waals surface area contributed by atoms with E-state index in [4.69, 9.17) is 0 Å². The van der Waals surface area contributed by atoms with Gasteiger partial charge in [-0.05, 0) is 39.7 Å². The molecule has 0 radical (unpaired) electrons. The van der Waals surface area contributed by atoms with Gasteiger partial charge in [0.05, 0.1) is 8.66 Å². The van der Waals surface area contributed by atoms with Gasteiger partial charge < -0.3 is 10.0 Å². The Kier molecular flexibility index (Phi) is 3.35. The summed E-state index contributed by atoms with van der Waals surface area (Å²) in [5, 5.41) is 9.29. The fourth-order valence-electron chi connectivity index (χ4n) is 2.37. The van der Waals surface area contributed by atoms with Crippen molar-refractivity contribution in [2.45, 2.75) is 5.92 Å². The summed E-state index contributed by atoms with van der Waals surface area (Å²) in [6, 6.07) is 10.7. The first-order valence-corrected chi connectivity index (χ1v) is 7.58. The molecule has 0 aliphatic carbocycles. The number of hydrogen-bond acceptors (Lipinski definition) is 3. The van der Waals surface area contributed by atoms with Gasteiger partial charge >= 0.3 is 5.97 Å². The molecule has 6 heteroatoms. The summed E-state index contributed by atoms with van der Waals surface area (Å²) >= 11 is 4.67. The Labute approximate surface area is 127 Å². The zero-order chi connectivity index (χ0) is 14.3. The second-order valence-corrected chi connectivity index (χ2v) is 6.93. The maximum Gasteiger partial charge on any atom is 0.312 e. The Bertz CT molecular complexity index is 697. The van der Waals surface area contributed by atoms with Gasteiger partial charge in [0, 0.05) is 12.2 Å². The lowest BCUT2D eigenvalue weighted by Gasteiger charge is -2.16. The number of hydrogen-bond donors (Lipinski definition) is 1. The van der Waals surface area contributed by atoms with Gasteiger partial charge in [-0.1, -0.05) is 18.2 Å². The lowest BCUT2D eigenvalue weighted by atomic mass is 10.0.